The van der Waals surface area contributed by atoms with Gasteiger partial charge in [0.2, 0.25) is 0 Å². The summed E-state index contributed by atoms with van der Waals surface area (Å²) in [6, 6.07) is 0. The van der Waals surface area contributed by atoms with Gasteiger partial charge in [-0.05, 0) is 26.4 Å². The summed E-state index contributed by atoms with van der Waals surface area (Å²) in [6.45, 7) is 1.15. The highest BCUT2D eigenvalue weighted by molar-refractivity contribution is 4.86. The average Bonchev–Trinajstić information content (AvgIpc) is 2.69. The Morgan fingerprint density at radius 2 is 2.00 bits per heavy atom. The fourth-order valence-corrected chi connectivity index (χ4v) is 1.56. The highest BCUT2D eigenvalue weighted by Gasteiger charge is 1.94. The molecule has 3 nitrogen and oxygen atoms in total. The van der Waals surface area contributed by atoms with E-state index < -0.39 is 0 Å². The van der Waals surface area contributed by atoms with Gasteiger partial charge in [-0.15, -0.1) is 0 Å². The lowest BCUT2D eigenvalue weighted by Crippen LogP contribution is -2.06. The van der Waals surface area contributed by atoms with Crippen molar-refractivity contribution in [2.45, 2.75) is 38.5 Å². The number of aromatic amines is 1. The number of aryl methyl sites for hydroxylation is 1. The molecular formula is C11H21N3. The van der Waals surface area contributed by atoms with Crippen LogP contribution >= 0.6 is 0 Å². The van der Waals surface area contributed by atoms with Gasteiger partial charge in [-0.3, -0.25) is 0 Å². The number of hydrogen-bond donors (Lipinski definition) is 2. The standard InChI is InChI=1S/C11H21N3/c1-12-8-6-4-2-3-5-7-11-13-9-10-14-11/h9-10,12H,2-8H2,1H3,(H,13,14). The van der Waals surface area contributed by atoms with Crippen molar-refractivity contribution < 1.29 is 0 Å². The minimum atomic E-state index is 1.10. The molecule has 0 aromatic carbocycles. The maximum Gasteiger partial charge on any atom is 0.105 e. The summed E-state index contributed by atoms with van der Waals surface area (Å²) in [4.78, 5) is 7.33. The predicted octanol–water partition coefficient (Wildman–Crippen LogP) is 2.12. The maximum atomic E-state index is 4.20. The van der Waals surface area contributed by atoms with E-state index in [1.54, 1.807) is 0 Å². The third kappa shape index (κ3) is 5.02. The van der Waals surface area contributed by atoms with E-state index in [9.17, 15) is 0 Å². The summed E-state index contributed by atoms with van der Waals surface area (Å²) in [5.41, 5.74) is 0. The van der Waals surface area contributed by atoms with Crippen LogP contribution in [-0.4, -0.2) is 23.6 Å². The van der Waals surface area contributed by atoms with E-state index in [-0.39, 0.29) is 0 Å². The molecule has 1 rings (SSSR count). The minimum absolute atomic E-state index is 1.10. The Balaban J connectivity index is 1.85. The van der Waals surface area contributed by atoms with Gasteiger partial charge < -0.3 is 10.3 Å². The second-order valence-corrected chi connectivity index (χ2v) is 3.66. The SMILES string of the molecule is CNCCCCCCCc1ncc[nH]1. The van der Waals surface area contributed by atoms with E-state index in [0.717, 1.165) is 18.8 Å². The predicted molar refractivity (Wildman–Crippen MR) is 59.3 cm³/mol. The molecule has 0 unspecified atom stereocenters. The monoisotopic (exact) mass is 195 g/mol. The Bertz CT molecular complexity index is 206. The maximum absolute atomic E-state index is 4.20. The molecule has 0 radical (unpaired) electrons. The summed E-state index contributed by atoms with van der Waals surface area (Å²) >= 11 is 0. The van der Waals surface area contributed by atoms with Crippen LogP contribution in [0.5, 0.6) is 0 Å². The topological polar surface area (TPSA) is 40.7 Å². The highest BCUT2D eigenvalue weighted by atomic mass is 14.9. The number of rotatable bonds is 8. The van der Waals surface area contributed by atoms with Gasteiger partial charge in [0.15, 0.2) is 0 Å². The number of hydrogen-bond acceptors (Lipinski definition) is 2. The van der Waals surface area contributed by atoms with Crippen molar-refractivity contribution in [2.24, 2.45) is 0 Å². The molecule has 0 bridgehead atoms. The van der Waals surface area contributed by atoms with E-state index in [2.05, 4.69) is 15.3 Å². The zero-order valence-electron chi connectivity index (χ0n) is 9.05. The van der Waals surface area contributed by atoms with Crippen molar-refractivity contribution in [3.05, 3.63) is 18.2 Å². The van der Waals surface area contributed by atoms with Crippen LogP contribution in [-0.2, 0) is 6.42 Å². The first-order valence-corrected chi connectivity index (χ1v) is 5.56. The van der Waals surface area contributed by atoms with Gasteiger partial charge in [0.25, 0.3) is 0 Å². The van der Waals surface area contributed by atoms with Gasteiger partial charge in [0.1, 0.15) is 5.82 Å². The lowest BCUT2D eigenvalue weighted by Gasteiger charge is -2.00. The molecule has 0 saturated heterocycles. The fourth-order valence-electron chi connectivity index (χ4n) is 1.56. The third-order valence-electron chi connectivity index (χ3n) is 2.40. The summed E-state index contributed by atoms with van der Waals surface area (Å²) < 4.78 is 0. The molecule has 1 aromatic rings. The van der Waals surface area contributed by atoms with E-state index in [1.807, 2.05) is 19.4 Å². The second kappa shape index (κ2) is 7.56. The molecule has 0 amide bonds. The van der Waals surface area contributed by atoms with Gasteiger partial charge in [0, 0.05) is 18.8 Å². The Morgan fingerprint density at radius 1 is 1.21 bits per heavy atom. The Kier molecular flexibility index (Phi) is 6.07. The van der Waals surface area contributed by atoms with Crippen LogP contribution in [0.1, 0.15) is 37.9 Å². The quantitative estimate of drug-likeness (QED) is 0.624. The Hall–Kier alpha value is -0.830. The fraction of sp³-hybridized carbons (Fsp3) is 0.727. The lowest BCUT2D eigenvalue weighted by molar-refractivity contribution is 0.592. The van der Waals surface area contributed by atoms with Crippen molar-refractivity contribution in [2.75, 3.05) is 13.6 Å². The van der Waals surface area contributed by atoms with E-state index in [4.69, 9.17) is 0 Å². The first kappa shape index (κ1) is 11.2. The Labute approximate surface area is 86.3 Å². The highest BCUT2D eigenvalue weighted by Crippen LogP contribution is 2.05. The largest absolute Gasteiger partial charge is 0.349 e. The number of unbranched alkanes of at least 4 members (excludes halogenated alkanes) is 4. The number of aromatic nitrogens is 2. The molecule has 80 valence electrons. The third-order valence-corrected chi connectivity index (χ3v) is 2.40. The van der Waals surface area contributed by atoms with Crippen LogP contribution in [0, 0.1) is 0 Å². The average molecular weight is 195 g/mol. The normalized spacial score (nSPS) is 10.6. The second-order valence-electron chi connectivity index (χ2n) is 3.66. The van der Waals surface area contributed by atoms with E-state index in [0.29, 0.717) is 0 Å². The van der Waals surface area contributed by atoms with Crippen molar-refractivity contribution in [3.8, 4) is 0 Å². The molecule has 0 fully saturated rings. The minimum Gasteiger partial charge on any atom is -0.349 e. The van der Waals surface area contributed by atoms with Crippen LogP contribution in [0.25, 0.3) is 0 Å². The number of H-pyrrole nitrogens is 1. The van der Waals surface area contributed by atoms with Gasteiger partial charge in [-0.2, -0.15) is 0 Å². The van der Waals surface area contributed by atoms with E-state index >= 15 is 0 Å². The summed E-state index contributed by atoms with van der Waals surface area (Å²) in [7, 11) is 2.01. The number of nitrogens with zero attached hydrogens (tertiary/aromatic N) is 1. The molecule has 1 aromatic heterocycles. The molecule has 0 aliphatic rings. The van der Waals surface area contributed by atoms with Gasteiger partial charge in [-0.25, -0.2) is 4.98 Å². The Morgan fingerprint density at radius 3 is 2.71 bits per heavy atom. The van der Waals surface area contributed by atoms with Crippen LogP contribution in [0.4, 0.5) is 0 Å². The molecule has 2 N–H and O–H groups in total. The van der Waals surface area contributed by atoms with Gasteiger partial charge in [-0.1, -0.05) is 19.3 Å². The van der Waals surface area contributed by atoms with Crippen molar-refractivity contribution in [1.29, 1.82) is 0 Å². The zero-order valence-corrected chi connectivity index (χ0v) is 9.05. The van der Waals surface area contributed by atoms with Crippen LogP contribution in [0.3, 0.4) is 0 Å². The van der Waals surface area contributed by atoms with Crippen molar-refractivity contribution in [1.82, 2.24) is 15.3 Å². The molecule has 0 spiro atoms. The summed E-state index contributed by atoms with van der Waals surface area (Å²) in [6.07, 6.45) is 11.4. The zero-order chi connectivity index (χ0) is 10.1. The first-order valence-electron chi connectivity index (χ1n) is 5.56. The van der Waals surface area contributed by atoms with Crippen LogP contribution in [0.15, 0.2) is 12.4 Å². The first-order chi connectivity index (χ1) is 6.93. The molecule has 1 heterocycles. The molecule has 0 aliphatic heterocycles. The molecule has 0 saturated carbocycles. The molecular weight excluding hydrogens is 174 g/mol. The number of imidazole rings is 1. The molecule has 14 heavy (non-hydrogen) atoms. The summed E-state index contributed by atoms with van der Waals surface area (Å²) in [5.74, 6) is 1.13. The number of nitrogens with one attached hydrogen (secondary N) is 2. The van der Waals surface area contributed by atoms with Gasteiger partial charge in [0.05, 0.1) is 0 Å². The lowest BCUT2D eigenvalue weighted by atomic mass is 10.1. The van der Waals surface area contributed by atoms with Crippen LogP contribution in [0.2, 0.25) is 0 Å². The van der Waals surface area contributed by atoms with Crippen LogP contribution < -0.4 is 5.32 Å². The molecule has 0 aliphatic carbocycles. The smallest absolute Gasteiger partial charge is 0.105 e. The van der Waals surface area contributed by atoms with Crippen molar-refractivity contribution in [3.63, 3.8) is 0 Å². The summed E-state index contributed by atoms with van der Waals surface area (Å²) in [5, 5.41) is 3.17. The van der Waals surface area contributed by atoms with E-state index in [1.165, 1.54) is 32.1 Å². The molecule has 3 heteroatoms. The van der Waals surface area contributed by atoms with Crippen molar-refractivity contribution >= 4 is 0 Å². The molecule has 0 atom stereocenters. The van der Waals surface area contributed by atoms with Gasteiger partial charge >= 0.3 is 0 Å².